The zero-order chi connectivity index (χ0) is 23.3. The van der Waals surface area contributed by atoms with Crippen molar-refractivity contribution in [1.82, 2.24) is 0 Å². The van der Waals surface area contributed by atoms with Crippen LogP contribution in [0.1, 0.15) is 163 Å². The highest BCUT2D eigenvalue weighted by Gasteiger charge is 2.08. The summed E-state index contributed by atoms with van der Waals surface area (Å²) in [4.78, 5) is 0. The largest absolute Gasteiger partial charge is 0.397 e. The fourth-order valence-corrected chi connectivity index (χ4v) is 5.32. The predicted octanol–water partition coefficient (Wildman–Crippen LogP) is 10.1. The fourth-order valence-electron chi connectivity index (χ4n) is 3.76. The van der Waals surface area contributed by atoms with Crippen molar-refractivity contribution in [2.24, 2.45) is 0 Å². The van der Waals surface area contributed by atoms with Crippen molar-refractivity contribution >= 4 is 9.28 Å². The van der Waals surface area contributed by atoms with Crippen LogP contribution in [0.5, 0.6) is 0 Å². The third-order valence-electron chi connectivity index (χ3n) is 5.81. The van der Waals surface area contributed by atoms with Gasteiger partial charge in [0.1, 0.15) is 0 Å². The summed E-state index contributed by atoms with van der Waals surface area (Å²) < 4.78 is 11.1. The molecule has 0 aromatic carbocycles. The van der Waals surface area contributed by atoms with Crippen LogP contribution in [0, 0.1) is 0 Å². The molecule has 0 saturated heterocycles. The molecule has 0 heterocycles. The lowest BCUT2D eigenvalue weighted by molar-refractivity contribution is 0.197. The monoisotopic (exact) mass is 458 g/mol. The summed E-state index contributed by atoms with van der Waals surface area (Å²) in [5.41, 5.74) is 0. The van der Waals surface area contributed by atoms with Crippen LogP contribution in [0.2, 0.25) is 6.04 Å². The van der Waals surface area contributed by atoms with E-state index in [0.29, 0.717) is 0 Å². The minimum Gasteiger partial charge on any atom is -0.397 e. The van der Waals surface area contributed by atoms with E-state index in [1.165, 1.54) is 116 Å². The first kappa shape index (κ1) is 33.3. The molecule has 0 radical (unpaired) electrons. The molecule has 0 amide bonds. The predicted molar refractivity (Wildman–Crippen MR) is 145 cm³/mol. The maximum atomic E-state index is 5.56. The molecule has 0 spiro atoms. The zero-order valence-corrected chi connectivity index (χ0v) is 23.8. The molecule has 0 bridgehead atoms. The molecule has 2 nitrogen and oxygen atoms in total. The third kappa shape index (κ3) is 32.4. The minimum atomic E-state index is -1.25. The van der Waals surface area contributed by atoms with E-state index in [1.807, 2.05) is 0 Å². The topological polar surface area (TPSA) is 18.5 Å². The molecule has 0 saturated carbocycles. The maximum absolute atomic E-state index is 5.56. The quantitative estimate of drug-likeness (QED) is 0.106. The first-order valence-corrected chi connectivity index (χ1v) is 16.3. The van der Waals surface area contributed by atoms with Crippen molar-refractivity contribution in [3.8, 4) is 0 Å². The molecule has 190 valence electrons. The molecule has 31 heavy (non-hydrogen) atoms. The maximum Gasteiger partial charge on any atom is 0.321 e. The van der Waals surface area contributed by atoms with Crippen molar-refractivity contribution in [1.29, 1.82) is 0 Å². The van der Waals surface area contributed by atoms with E-state index in [0.717, 1.165) is 32.1 Å². The minimum absolute atomic E-state index is 0.869. The van der Waals surface area contributed by atoms with Gasteiger partial charge < -0.3 is 8.85 Å². The molecule has 0 rings (SSSR count). The summed E-state index contributed by atoms with van der Waals surface area (Å²) in [7, 11) is -1.25. The Morgan fingerprint density at radius 2 is 0.613 bits per heavy atom. The van der Waals surface area contributed by atoms with Gasteiger partial charge in [-0.3, -0.25) is 0 Å². The molecule has 0 aliphatic carbocycles. The SMILES string of the molecule is CCCCCCCCCCCCCCCCCCCC.CCCO[SiH](CC)OCCC. The first-order chi connectivity index (χ1) is 15.3. The van der Waals surface area contributed by atoms with E-state index in [2.05, 4.69) is 34.6 Å². The number of unbranched alkanes of at least 4 members (excludes halogenated alkanes) is 17. The molecule has 0 aromatic heterocycles. The molecule has 0 N–H and O–H groups in total. The van der Waals surface area contributed by atoms with Gasteiger partial charge in [-0.1, -0.05) is 150 Å². The van der Waals surface area contributed by atoms with Crippen LogP contribution in [0.3, 0.4) is 0 Å². The normalized spacial score (nSPS) is 11.0. The Hall–Kier alpha value is 0.137. The summed E-state index contributed by atoms with van der Waals surface area (Å²) in [5, 5.41) is 0. The lowest BCUT2D eigenvalue weighted by Gasteiger charge is -2.13. The van der Waals surface area contributed by atoms with E-state index >= 15 is 0 Å². The Labute approximate surface area is 200 Å². The molecular formula is C28H62O2Si. The smallest absolute Gasteiger partial charge is 0.321 e. The fraction of sp³-hybridized carbons (Fsp3) is 1.00. The van der Waals surface area contributed by atoms with Crippen molar-refractivity contribution < 1.29 is 8.85 Å². The van der Waals surface area contributed by atoms with Crippen molar-refractivity contribution in [3.63, 3.8) is 0 Å². The molecular weight excluding hydrogens is 396 g/mol. The van der Waals surface area contributed by atoms with Crippen LogP contribution in [-0.2, 0) is 8.85 Å². The van der Waals surface area contributed by atoms with Crippen LogP contribution in [-0.4, -0.2) is 22.5 Å². The van der Waals surface area contributed by atoms with Gasteiger partial charge in [0.15, 0.2) is 0 Å². The summed E-state index contributed by atoms with van der Waals surface area (Å²) >= 11 is 0. The van der Waals surface area contributed by atoms with E-state index < -0.39 is 9.28 Å². The Morgan fingerprint density at radius 3 is 0.806 bits per heavy atom. The number of hydrogen-bond acceptors (Lipinski definition) is 2. The standard InChI is InChI=1S/C20H42.C8H20O2Si/c1-3-5-7-9-11-13-15-17-19-20-18-16-14-12-10-8-6-4-2;1-4-7-9-11(6-3)10-8-5-2/h3-20H2,1-2H3;11H,4-8H2,1-3H3. The molecule has 0 aromatic rings. The van der Waals surface area contributed by atoms with Gasteiger partial charge in [0.05, 0.1) is 0 Å². The second-order valence-electron chi connectivity index (χ2n) is 9.24. The summed E-state index contributed by atoms with van der Waals surface area (Å²) in [6.07, 6.45) is 28.6. The molecule has 3 heteroatoms. The highest BCUT2D eigenvalue weighted by molar-refractivity contribution is 6.44. The average molecular weight is 459 g/mol. The van der Waals surface area contributed by atoms with Crippen molar-refractivity contribution in [3.05, 3.63) is 0 Å². The van der Waals surface area contributed by atoms with Crippen LogP contribution >= 0.6 is 0 Å². The summed E-state index contributed by atoms with van der Waals surface area (Å²) in [6, 6.07) is 1.08. The van der Waals surface area contributed by atoms with E-state index in [4.69, 9.17) is 8.85 Å². The molecule has 0 atom stereocenters. The molecule has 0 aliphatic rings. The van der Waals surface area contributed by atoms with Gasteiger partial charge >= 0.3 is 9.28 Å². The van der Waals surface area contributed by atoms with E-state index in [9.17, 15) is 0 Å². The van der Waals surface area contributed by atoms with Gasteiger partial charge in [-0.25, -0.2) is 0 Å². The van der Waals surface area contributed by atoms with Crippen LogP contribution in [0.4, 0.5) is 0 Å². The van der Waals surface area contributed by atoms with E-state index in [-0.39, 0.29) is 0 Å². The van der Waals surface area contributed by atoms with Gasteiger partial charge in [0.2, 0.25) is 0 Å². The lowest BCUT2D eigenvalue weighted by atomic mass is 10.0. The average Bonchev–Trinajstić information content (AvgIpc) is 2.79. The van der Waals surface area contributed by atoms with Crippen LogP contribution < -0.4 is 0 Å². The molecule has 0 aliphatic heterocycles. The Kier molecular flexibility index (Phi) is 34.7. The highest BCUT2D eigenvalue weighted by atomic mass is 28.3. The Balaban J connectivity index is 0. The highest BCUT2D eigenvalue weighted by Crippen LogP contribution is 2.14. The van der Waals surface area contributed by atoms with Gasteiger partial charge in [0, 0.05) is 13.2 Å². The van der Waals surface area contributed by atoms with Crippen molar-refractivity contribution in [2.45, 2.75) is 169 Å². The van der Waals surface area contributed by atoms with E-state index in [1.54, 1.807) is 0 Å². The van der Waals surface area contributed by atoms with Gasteiger partial charge in [-0.2, -0.15) is 0 Å². The number of rotatable bonds is 24. The Morgan fingerprint density at radius 1 is 0.355 bits per heavy atom. The summed E-state index contributed by atoms with van der Waals surface area (Å²) in [6.45, 7) is 12.7. The summed E-state index contributed by atoms with van der Waals surface area (Å²) in [5.74, 6) is 0. The third-order valence-corrected chi connectivity index (χ3v) is 7.69. The van der Waals surface area contributed by atoms with Gasteiger partial charge in [0.25, 0.3) is 0 Å². The lowest BCUT2D eigenvalue weighted by Crippen LogP contribution is -2.22. The van der Waals surface area contributed by atoms with Gasteiger partial charge in [-0.15, -0.1) is 0 Å². The van der Waals surface area contributed by atoms with Crippen LogP contribution in [0.15, 0.2) is 0 Å². The molecule has 0 fully saturated rings. The Bertz CT molecular complexity index is 260. The second kappa shape index (κ2) is 32.3. The van der Waals surface area contributed by atoms with Crippen molar-refractivity contribution in [2.75, 3.05) is 13.2 Å². The number of hydrogen-bond donors (Lipinski definition) is 0. The second-order valence-corrected chi connectivity index (χ2v) is 11.6. The first-order valence-electron chi connectivity index (χ1n) is 14.5. The molecule has 0 unspecified atom stereocenters. The van der Waals surface area contributed by atoms with Crippen LogP contribution in [0.25, 0.3) is 0 Å². The zero-order valence-electron chi connectivity index (χ0n) is 22.7. The van der Waals surface area contributed by atoms with Gasteiger partial charge in [-0.05, 0) is 18.9 Å².